The Morgan fingerprint density at radius 3 is 2.63 bits per heavy atom. The molecular weight excluding hydrogens is 236 g/mol. The molecule has 0 unspecified atom stereocenters. The maximum Gasteiger partial charge on any atom is 0.106 e. The molecule has 0 aliphatic carbocycles. The summed E-state index contributed by atoms with van der Waals surface area (Å²) in [6.45, 7) is 4.19. The highest BCUT2D eigenvalue weighted by Crippen LogP contribution is 2.25. The smallest absolute Gasteiger partial charge is 0.106 e. The Kier molecular flexibility index (Phi) is 2.42. The van der Waals surface area contributed by atoms with Gasteiger partial charge in [-0.1, -0.05) is 12.1 Å². The molecule has 2 N–H and O–H groups in total. The van der Waals surface area contributed by atoms with Gasteiger partial charge in [-0.3, -0.25) is 4.98 Å². The number of rotatable bonds is 1. The second-order valence-corrected chi connectivity index (χ2v) is 4.99. The molecule has 19 heavy (non-hydrogen) atoms. The number of anilines is 1. The first-order chi connectivity index (χ1) is 9.42. The van der Waals surface area contributed by atoms with Crippen molar-refractivity contribution in [3.05, 3.63) is 36.5 Å². The van der Waals surface area contributed by atoms with Gasteiger partial charge in [-0.05, 0) is 18.2 Å². The highest BCUT2D eigenvalue weighted by Gasteiger charge is 2.12. The Bertz CT molecular complexity index is 725. The van der Waals surface area contributed by atoms with Crippen LogP contribution in [0.15, 0.2) is 36.5 Å². The van der Waals surface area contributed by atoms with Crippen molar-refractivity contribution in [2.45, 2.75) is 0 Å². The van der Waals surface area contributed by atoms with E-state index in [-0.39, 0.29) is 0 Å². The van der Waals surface area contributed by atoms with Gasteiger partial charge in [0.05, 0.1) is 11.0 Å². The fourth-order valence-electron chi connectivity index (χ4n) is 2.79. The van der Waals surface area contributed by atoms with Crippen molar-refractivity contribution in [2.75, 3.05) is 31.1 Å². The van der Waals surface area contributed by atoms with Crippen molar-refractivity contribution in [3.63, 3.8) is 0 Å². The largest absolute Gasteiger partial charge is 0.356 e. The number of aromatic nitrogens is 2. The number of piperazine rings is 1. The number of aromatic amines is 1. The molecule has 1 aliphatic heterocycles. The highest BCUT2D eigenvalue weighted by molar-refractivity contribution is 6.03. The average molecular weight is 252 g/mol. The Morgan fingerprint density at radius 2 is 1.74 bits per heavy atom. The third kappa shape index (κ3) is 1.76. The molecule has 0 atom stereocenters. The summed E-state index contributed by atoms with van der Waals surface area (Å²) in [5.74, 6) is 1.18. The Morgan fingerprint density at radius 1 is 0.947 bits per heavy atom. The maximum absolute atomic E-state index is 4.47. The molecule has 4 heteroatoms. The van der Waals surface area contributed by atoms with Gasteiger partial charge in [0.1, 0.15) is 5.82 Å². The van der Waals surface area contributed by atoms with E-state index in [4.69, 9.17) is 0 Å². The maximum atomic E-state index is 4.47. The van der Waals surface area contributed by atoms with E-state index < -0.39 is 0 Å². The lowest BCUT2D eigenvalue weighted by Crippen LogP contribution is -2.43. The van der Waals surface area contributed by atoms with Gasteiger partial charge in [-0.25, -0.2) is 0 Å². The third-order valence-electron chi connectivity index (χ3n) is 3.83. The van der Waals surface area contributed by atoms with E-state index in [0.29, 0.717) is 0 Å². The molecule has 0 bridgehead atoms. The minimum absolute atomic E-state index is 1.05. The molecule has 2 aromatic heterocycles. The van der Waals surface area contributed by atoms with Crippen LogP contribution >= 0.6 is 0 Å². The Hall–Kier alpha value is -2.07. The summed E-state index contributed by atoms with van der Waals surface area (Å²) in [7, 11) is 0. The minimum atomic E-state index is 1.05. The summed E-state index contributed by atoms with van der Waals surface area (Å²) in [4.78, 5) is 10.4. The van der Waals surface area contributed by atoms with Gasteiger partial charge in [-0.15, -0.1) is 0 Å². The number of nitrogens with one attached hydrogen (secondary N) is 2. The van der Waals surface area contributed by atoms with E-state index >= 15 is 0 Å². The van der Waals surface area contributed by atoms with Crippen molar-refractivity contribution in [3.8, 4) is 0 Å². The molecule has 1 aromatic carbocycles. The quantitative estimate of drug-likeness (QED) is 0.697. The lowest BCUT2D eigenvalue weighted by atomic mass is 10.1. The summed E-state index contributed by atoms with van der Waals surface area (Å²) >= 11 is 0. The predicted octanol–water partition coefficient (Wildman–Crippen LogP) is 2.13. The molecule has 96 valence electrons. The lowest BCUT2D eigenvalue weighted by molar-refractivity contribution is 0.585. The molecule has 0 radical (unpaired) electrons. The number of pyridine rings is 1. The van der Waals surface area contributed by atoms with Crippen molar-refractivity contribution < 1.29 is 0 Å². The van der Waals surface area contributed by atoms with Gasteiger partial charge in [0, 0.05) is 43.1 Å². The number of fused-ring (bicyclic) bond motifs is 3. The highest BCUT2D eigenvalue weighted by atomic mass is 15.2. The monoisotopic (exact) mass is 252 g/mol. The predicted molar refractivity (Wildman–Crippen MR) is 78.7 cm³/mol. The first-order valence-electron chi connectivity index (χ1n) is 6.74. The van der Waals surface area contributed by atoms with Crippen molar-refractivity contribution in [2.24, 2.45) is 0 Å². The SMILES string of the molecule is c1cc2ccc3ccc(N4CCNCC4)[nH]c3c2n1. The zero-order valence-corrected chi connectivity index (χ0v) is 10.7. The van der Waals surface area contributed by atoms with Gasteiger partial charge in [0.2, 0.25) is 0 Å². The number of hydrogen-bond acceptors (Lipinski definition) is 3. The number of H-pyrrole nitrogens is 1. The van der Waals surface area contributed by atoms with E-state index in [1.165, 1.54) is 16.6 Å². The molecule has 3 heterocycles. The van der Waals surface area contributed by atoms with Crippen LogP contribution in [-0.2, 0) is 0 Å². The zero-order chi connectivity index (χ0) is 12.7. The van der Waals surface area contributed by atoms with Gasteiger partial charge in [-0.2, -0.15) is 0 Å². The van der Waals surface area contributed by atoms with Crippen LogP contribution in [0.2, 0.25) is 0 Å². The fraction of sp³-hybridized carbons (Fsp3) is 0.267. The molecule has 1 saturated heterocycles. The van der Waals surface area contributed by atoms with Crippen molar-refractivity contribution in [1.29, 1.82) is 0 Å². The molecule has 0 spiro atoms. The van der Waals surface area contributed by atoms with E-state index in [0.717, 1.165) is 37.2 Å². The molecule has 3 aromatic rings. The summed E-state index contributed by atoms with van der Waals surface area (Å²) in [5, 5.41) is 5.79. The third-order valence-corrected chi connectivity index (χ3v) is 3.83. The fourth-order valence-corrected chi connectivity index (χ4v) is 2.79. The van der Waals surface area contributed by atoms with Gasteiger partial charge >= 0.3 is 0 Å². The molecule has 1 aliphatic rings. The standard InChI is InChI=1S/C15H16N4/c1-2-12-5-6-17-14(12)15-11(1)3-4-13(18-15)19-9-7-16-8-10-19/h1-6,16,18H,7-10H2. The summed E-state index contributed by atoms with van der Waals surface area (Å²) in [6, 6.07) is 10.7. The molecule has 1 fully saturated rings. The molecule has 0 saturated carbocycles. The van der Waals surface area contributed by atoms with Gasteiger partial charge in [0.25, 0.3) is 0 Å². The topological polar surface area (TPSA) is 44.0 Å². The van der Waals surface area contributed by atoms with E-state index in [2.05, 4.69) is 50.5 Å². The van der Waals surface area contributed by atoms with Gasteiger partial charge < -0.3 is 15.2 Å². The summed E-state index contributed by atoms with van der Waals surface area (Å²) < 4.78 is 0. The molecule has 0 amide bonds. The number of benzene rings is 1. The van der Waals surface area contributed by atoms with Crippen LogP contribution in [0.3, 0.4) is 0 Å². The van der Waals surface area contributed by atoms with Crippen LogP contribution in [-0.4, -0.2) is 36.1 Å². The van der Waals surface area contributed by atoms with E-state index in [1.54, 1.807) is 0 Å². The first-order valence-corrected chi connectivity index (χ1v) is 6.74. The first kappa shape index (κ1) is 10.8. The van der Waals surface area contributed by atoms with E-state index in [9.17, 15) is 0 Å². The van der Waals surface area contributed by atoms with E-state index in [1.807, 2.05) is 6.20 Å². The van der Waals surface area contributed by atoms with Crippen LogP contribution < -0.4 is 10.2 Å². The molecular formula is C15H16N4. The number of nitrogens with zero attached hydrogens (tertiary/aromatic N) is 2. The van der Waals surface area contributed by atoms with Crippen LogP contribution in [0.25, 0.3) is 21.8 Å². The van der Waals surface area contributed by atoms with Crippen LogP contribution in [0, 0.1) is 0 Å². The average Bonchev–Trinajstić information content (AvgIpc) is 2.96. The van der Waals surface area contributed by atoms with Crippen molar-refractivity contribution in [1.82, 2.24) is 15.3 Å². The summed E-state index contributed by atoms with van der Waals surface area (Å²) in [6.07, 6.45) is 1.87. The summed E-state index contributed by atoms with van der Waals surface area (Å²) in [5.41, 5.74) is 2.20. The lowest BCUT2D eigenvalue weighted by Gasteiger charge is -2.29. The number of hydrogen-bond donors (Lipinski definition) is 2. The zero-order valence-electron chi connectivity index (χ0n) is 10.7. The Balaban J connectivity index is 1.88. The Labute approximate surface area is 111 Å². The second kappa shape index (κ2) is 4.24. The second-order valence-electron chi connectivity index (χ2n) is 4.99. The van der Waals surface area contributed by atoms with Crippen molar-refractivity contribution >= 4 is 27.6 Å². The normalized spacial score (nSPS) is 16.3. The van der Waals surface area contributed by atoms with Crippen LogP contribution in [0.5, 0.6) is 0 Å². The molecule has 4 nitrogen and oxygen atoms in total. The molecule has 4 rings (SSSR count). The van der Waals surface area contributed by atoms with Crippen LogP contribution in [0.1, 0.15) is 0 Å². The van der Waals surface area contributed by atoms with Gasteiger partial charge in [0.15, 0.2) is 0 Å². The van der Waals surface area contributed by atoms with Crippen LogP contribution in [0.4, 0.5) is 5.82 Å². The minimum Gasteiger partial charge on any atom is -0.356 e.